The Balaban J connectivity index is 2.07. The monoisotopic (exact) mass is 327 g/mol. The molecule has 24 heavy (non-hydrogen) atoms. The summed E-state index contributed by atoms with van der Waals surface area (Å²) >= 11 is 0. The number of rotatable bonds is 7. The van der Waals surface area contributed by atoms with Crippen LogP contribution >= 0.6 is 0 Å². The summed E-state index contributed by atoms with van der Waals surface area (Å²) in [5, 5.41) is 11.6. The molecule has 1 amide bonds. The molecule has 126 valence electrons. The minimum absolute atomic E-state index is 0.172. The van der Waals surface area contributed by atoms with Crippen molar-refractivity contribution in [2.45, 2.75) is 20.3 Å². The second-order valence-electron chi connectivity index (χ2n) is 5.86. The average Bonchev–Trinajstić information content (AvgIpc) is 2.55. The first-order valence-electron chi connectivity index (χ1n) is 7.84. The summed E-state index contributed by atoms with van der Waals surface area (Å²) in [6.45, 7) is 4.78. The van der Waals surface area contributed by atoms with Crippen LogP contribution < -0.4 is 10.1 Å². The molecule has 0 aromatic heterocycles. The molecule has 0 atom stereocenters. The summed E-state index contributed by atoms with van der Waals surface area (Å²) < 4.78 is 5.72. The Morgan fingerprint density at radius 3 is 2.38 bits per heavy atom. The van der Waals surface area contributed by atoms with E-state index in [9.17, 15) is 9.59 Å². The van der Waals surface area contributed by atoms with E-state index >= 15 is 0 Å². The van der Waals surface area contributed by atoms with Crippen molar-refractivity contribution in [3.63, 3.8) is 0 Å². The molecule has 2 aromatic carbocycles. The molecule has 0 radical (unpaired) electrons. The Morgan fingerprint density at radius 1 is 1.08 bits per heavy atom. The van der Waals surface area contributed by atoms with Crippen LogP contribution in [0.4, 0.5) is 5.69 Å². The number of ether oxygens (including phenoxy) is 1. The number of aromatic carboxylic acids is 1. The van der Waals surface area contributed by atoms with E-state index in [0.29, 0.717) is 29.5 Å². The van der Waals surface area contributed by atoms with Crippen LogP contribution in [-0.4, -0.2) is 23.6 Å². The number of carboxylic acid groups (broad SMARTS) is 1. The molecule has 5 heteroatoms. The van der Waals surface area contributed by atoms with Gasteiger partial charge in [0.1, 0.15) is 5.75 Å². The maximum Gasteiger partial charge on any atom is 0.335 e. The Labute approximate surface area is 141 Å². The molecular weight excluding hydrogens is 306 g/mol. The van der Waals surface area contributed by atoms with Gasteiger partial charge >= 0.3 is 5.97 Å². The zero-order valence-corrected chi connectivity index (χ0v) is 13.8. The van der Waals surface area contributed by atoms with Gasteiger partial charge in [0.05, 0.1) is 17.7 Å². The summed E-state index contributed by atoms with van der Waals surface area (Å²) in [6.07, 6.45) is 0.909. The van der Waals surface area contributed by atoms with E-state index in [1.165, 1.54) is 12.1 Å². The van der Waals surface area contributed by atoms with Gasteiger partial charge in [0.25, 0.3) is 5.91 Å². The first kappa shape index (κ1) is 17.5. The number of carbonyl (C=O) groups excluding carboxylic acids is 1. The highest BCUT2D eigenvalue weighted by Crippen LogP contribution is 2.20. The molecule has 0 saturated carbocycles. The highest BCUT2D eigenvalue weighted by molar-refractivity contribution is 6.06. The van der Waals surface area contributed by atoms with Crippen molar-refractivity contribution in [3.05, 3.63) is 59.7 Å². The molecule has 0 fully saturated rings. The van der Waals surface area contributed by atoms with Crippen LogP contribution in [0.5, 0.6) is 5.75 Å². The topological polar surface area (TPSA) is 75.6 Å². The Hall–Kier alpha value is -2.82. The maximum absolute atomic E-state index is 12.4. The third-order valence-corrected chi connectivity index (χ3v) is 3.47. The van der Waals surface area contributed by atoms with E-state index in [-0.39, 0.29) is 11.5 Å². The van der Waals surface area contributed by atoms with Gasteiger partial charge < -0.3 is 15.2 Å². The van der Waals surface area contributed by atoms with Crippen LogP contribution in [0.2, 0.25) is 0 Å². The molecule has 2 aromatic rings. The van der Waals surface area contributed by atoms with Crippen LogP contribution in [0.15, 0.2) is 48.5 Å². The largest absolute Gasteiger partial charge is 0.493 e. The summed E-state index contributed by atoms with van der Waals surface area (Å²) in [4.78, 5) is 23.3. The van der Waals surface area contributed by atoms with Crippen LogP contribution in [0.1, 0.15) is 41.0 Å². The standard InChI is InChI=1S/C19H21NO4/c1-13(2)11-12-24-17-6-4-3-5-16(17)18(21)20-15-9-7-14(8-10-15)19(22)23/h3-10,13H,11-12H2,1-2H3,(H,20,21)(H,22,23). The predicted molar refractivity (Wildman–Crippen MR) is 92.7 cm³/mol. The molecule has 0 saturated heterocycles. The fourth-order valence-electron chi connectivity index (χ4n) is 2.08. The van der Waals surface area contributed by atoms with Crippen molar-refractivity contribution >= 4 is 17.6 Å². The minimum Gasteiger partial charge on any atom is -0.493 e. The smallest absolute Gasteiger partial charge is 0.335 e. The second-order valence-corrected chi connectivity index (χ2v) is 5.86. The quantitative estimate of drug-likeness (QED) is 0.804. The summed E-state index contributed by atoms with van der Waals surface area (Å²) in [5.41, 5.74) is 1.15. The maximum atomic E-state index is 12.4. The zero-order valence-electron chi connectivity index (χ0n) is 13.8. The number of para-hydroxylation sites is 1. The molecule has 0 bridgehead atoms. The van der Waals surface area contributed by atoms with E-state index in [1.807, 2.05) is 6.07 Å². The van der Waals surface area contributed by atoms with Gasteiger partial charge in [0.2, 0.25) is 0 Å². The van der Waals surface area contributed by atoms with E-state index in [4.69, 9.17) is 9.84 Å². The lowest BCUT2D eigenvalue weighted by Gasteiger charge is -2.12. The highest BCUT2D eigenvalue weighted by Gasteiger charge is 2.13. The number of anilines is 1. The zero-order chi connectivity index (χ0) is 17.5. The molecule has 0 spiro atoms. The SMILES string of the molecule is CC(C)CCOc1ccccc1C(=O)Nc1ccc(C(=O)O)cc1. The molecule has 0 unspecified atom stereocenters. The van der Waals surface area contributed by atoms with E-state index in [1.54, 1.807) is 30.3 Å². The fourth-order valence-corrected chi connectivity index (χ4v) is 2.08. The van der Waals surface area contributed by atoms with Crippen molar-refractivity contribution in [2.24, 2.45) is 5.92 Å². The lowest BCUT2D eigenvalue weighted by molar-refractivity contribution is 0.0696. The van der Waals surface area contributed by atoms with Gasteiger partial charge in [0, 0.05) is 5.69 Å². The Morgan fingerprint density at radius 2 is 1.75 bits per heavy atom. The van der Waals surface area contributed by atoms with Crippen LogP contribution in [-0.2, 0) is 0 Å². The number of hydrogen-bond donors (Lipinski definition) is 2. The van der Waals surface area contributed by atoms with Crippen molar-refractivity contribution in [1.29, 1.82) is 0 Å². The summed E-state index contributed by atoms with van der Waals surface area (Å²) in [7, 11) is 0. The highest BCUT2D eigenvalue weighted by atomic mass is 16.5. The molecule has 0 aliphatic rings. The van der Waals surface area contributed by atoms with E-state index in [0.717, 1.165) is 6.42 Å². The third-order valence-electron chi connectivity index (χ3n) is 3.47. The number of hydrogen-bond acceptors (Lipinski definition) is 3. The van der Waals surface area contributed by atoms with Gasteiger partial charge in [-0.25, -0.2) is 4.79 Å². The molecule has 2 rings (SSSR count). The molecule has 5 nitrogen and oxygen atoms in total. The number of benzene rings is 2. The number of carbonyl (C=O) groups is 2. The van der Waals surface area contributed by atoms with Crippen molar-refractivity contribution in [2.75, 3.05) is 11.9 Å². The van der Waals surface area contributed by atoms with Gasteiger partial charge in [-0.05, 0) is 48.7 Å². The lowest BCUT2D eigenvalue weighted by atomic mass is 10.1. The first-order chi connectivity index (χ1) is 11.5. The van der Waals surface area contributed by atoms with E-state index < -0.39 is 5.97 Å². The van der Waals surface area contributed by atoms with Crippen molar-refractivity contribution in [1.82, 2.24) is 0 Å². The Kier molecular flexibility index (Phi) is 5.95. The number of carboxylic acids is 1. The molecule has 0 aliphatic carbocycles. The molecule has 0 heterocycles. The van der Waals surface area contributed by atoms with Crippen LogP contribution in [0, 0.1) is 5.92 Å². The number of amides is 1. The van der Waals surface area contributed by atoms with Crippen LogP contribution in [0.25, 0.3) is 0 Å². The molecular formula is C19H21NO4. The Bertz CT molecular complexity index is 708. The van der Waals surface area contributed by atoms with Gasteiger partial charge in [-0.1, -0.05) is 26.0 Å². The van der Waals surface area contributed by atoms with Gasteiger partial charge in [-0.2, -0.15) is 0 Å². The summed E-state index contributed by atoms with van der Waals surface area (Å²) in [5.74, 6) is -0.230. The predicted octanol–water partition coefficient (Wildman–Crippen LogP) is 4.06. The van der Waals surface area contributed by atoms with E-state index in [2.05, 4.69) is 19.2 Å². The van der Waals surface area contributed by atoms with Crippen molar-refractivity contribution < 1.29 is 19.4 Å². The summed E-state index contributed by atoms with van der Waals surface area (Å²) in [6, 6.07) is 13.1. The van der Waals surface area contributed by atoms with Crippen molar-refractivity contribution in [3.8, 4) is 5.75 Å². The fraction of sp³-hybridized carbons (Fsp3) is 0.263. The number of nitrogens with one attached hydrogen (secondary N) is 1. The first-order valence-corrected chi connectivity index (χ1v) is 7.84. The average molecular weight is 327 g/mol. The normalized spacial score (nSPS) is 10.5. The van der Waals surface area contributed by atoms with Gasteiger partial charge in [0.15, 0.2) is 0 Å². The molecule has 2 N–H and O–H groups in total. The second kappa shape index (κ2) is 8.15. The molecule has 0 aliphatic heterocycles. The van der Waals surface area contributed by atoms with Gasteiger partial charge in [-0.3, -0.25) is 4.79 Å². The van der Waals surface area contributed by atoms with Crippen LogP contribution in [0.3, 0.4) is 0 Å². The third kappa shape index (κ3) is 4.84. The van der Waals surface area contributed by atoms with Gasteiger partial charge in [-0.15, -0.1) is 0 Å². The minimum atomic E-state index is -1.00. The lowest BCUT2D eigenvalue weighted by Crippen LogP contribution is -2.14.